The summed E-state index contributed by atoms with van der Waals surface area (Å²) in [6.07, 6.45) is 4.49. The summed E-state index contributed by atoms with van der Waals surface area (Å²) in [6, 6.07) is 0.280. The highest BCUT2D eigenvalue weighted by Crippen LogP contribution is 2.53. The average Bonchev–Trinajstić information content (AvgIpc) is 2.96. The minimum atomic E-state index is -1.17. The molecule has 2 heterocycles. The maximum atomic E-state index is 14.8. The topological polar surface area (TPSA) is 61.8 Å². The van der Waals surface area contributed by atoms with E-state index in [1.54, 1.807) is 0 Å². The Bertz CT molecular complexity index is 518. The largest absolute Gasteiger partial charge is 0.385 e. The molecule has 0 aromatic heterocycles. The number of alkyl halides is 2. The standard InChI is InChI=1S/C17H27ClFN3O/c1-22-8-12(19)15-10(3-2-4-14(15)22)17(23)11-7-9(18)5-6-13(11)21-16(17)20/h9-15,23H,2-8H2,1H3,(H2,20,21). The van der Waals surface area contributed by atoms with Gasteiger partial charge in [0, 0.05) is 35.7 Å². The fourth-order valence-corrected chi connectivity index (χ4v) is 6.24. The van der Waals surface area contributed by atoms with Gasteiger partial charge in [-0.25, -0.2) is 4.39 Å². The molecule has 2 aliphatic carbocycles. The molecule has 8 unspecified atom stereocenters. The third kappa shape index (κ3) is 2.26. The molecule has 0 aromatic rings. The van der Waals surface area contributed by atoms with Crippen molar-refractivity contribution in [1.82, 2.24) is 4.90 Å². The van der Waals surface area contributed by atoms with Gasteiger partial charge in [-0.15, -0.1) is 11.6 Å². The zero-order valence-corrected chi connectivity index (χ0v) is 14.4. The van der Waals surface area contributed by atoms with E-state index in [4.69, 9.17) is 17.3 Å². The van der Waals surface area contributed by atoms with Crippen LogP contribution in [0.3, 0.4) is 0 Å². The molecule has 1 saturated heterocycles. The molecule has 0 bridgehead atoms. The van der Waals surface area contributed by atoms with E-state index in [-0.39, 0.29) is 35.2 Å². The zero-order valence-electron chi connectivity index (χ0n) is 13.7. The summed E-state index contributed by atoms with van der Waals surface area (Å²) in [5.74, 6) is 0.0233. The highest BCUT2D eigenvalue weighted by molar-refractivity contribution is 6.20. The zero-order chi connectivity index (χ0) is 16.4. The molecule has 2 saturated carbocycles. The first kappa shape index (κ1) is 16.1. The van der Waals surface area contributed by atoms with Gasteiger partial charge in [-0.1, -0.05) is 6.42 Å². The number of halogens is 2. The van der Waals surface area contributed by atoms with E-state index in [1.807, 2.05) is 7.05 Å². The molecule has 6 heteroatoms. The van der Waals surface area contributed by atoms with Gasteiger partial charge in [0.15, 0.2) is 0 Å². The third-order valence-corrected chi connectivity index (χ3v) is 7.36. The molecule has 2 aliphatic heterocycles. The fraction of sp³-hybridized carbons (Fsp3) is 0.941. The van der Waals surface area contributed by atoms with Gasteiger partial charge in [-0.3, -0.25) is 4.99 Å². The predicted molar refractivity (Wildman–Crippen MR) is 89.5 cm³/mol. The molecule has 3 fully saturated rings. The van der Waals surface area contributed by atoms with Crippen molar-refractivity contribution in [3.8, 4) is 0 Å². The molecule has 3 N–H and O–H groups in total. The van der Waals surface area contributed by atoms with Crippen molar-refractivity contribution in [2.24, 2.45) is 28.5 Å². The molecule has 23 heavy (non-hydrogen) atoms. The van der Waals surface area contributed by atoms with Crippen molar-refractivity contribution in [3.63, 3.8) is 0 Å². The smallest absolute Gasteiger partial charge is 0.129 e. The number of rotatable bonds is 1. The summed E-state index contributed by atoms with van der Waals surface area (Å²) < 4.78 is 14.8. The van der Waals surface area contributed by atoms with Crippen LogP contribution in [0.1, 0.15) is 38.5 Å². The van der Waals surface area contributed by atoms with Gasteiger partial charge >= 0.3 is 0 Å². The van der Waals surface area contributed by atoms with Gasteiger partial charge in [0.1, 0.15) is 17.6 Å². The van der Waals surface area contributed by atoms with Crippen molar-refractivity contribution >= 4 is 17.4 Å². The number of hydrogen-bond donors (Lipinski definition) is 2. The Labute approximate surface area is 142 Å². The lowest BCUT2D eigenvalue weighted by molar-refractivity contribution is -0.0670. The van der Waals surface area contributed by atoms with Crippen LogP contribution in [0.15, 0.2) is 4.99 Å². The lowest BCUT2D eigenvalue weighted by Gasteiger charge is -2.47. The lowest BCUT2D eigenvalue weighted by Crippen LogP contribution is -2.59. The quantitative estimate of drug-likeness (QED) is 0.715. The normalized spacial score (nSPS) is 53.7. The van der Waals surface area contributed by atoms with Crippen LogP contribution in [0.25, 0.3) is 0 Å². The number of likely N-dealkylation sites (tertiary alicyclic amines) is 1. The number of fused-ring (bicyclic) bond motifs is 2. The van der Waals surface area contributed by atoms with Crippen molar-refractivity contribution in [3.05, 3.63) is 0 Å². The second kappa shape index (κ2) is 5.57. The monoisotopic (exact) mass is 343 g/mol. The molecule has 4 nitrogen and oxygen atoms in total. The first-order valence-corrected chi connectivity index (χ1v) is 9.41. The third-order valence-electron chi connectivity index (χ3n) is 6.97. The molecule has 130 valence electrons. The van der Waals surface area contributed by atoms with E-state index in [2.05, 4.69) is 9.89 Å². The maximum Gasteiger partial charge on any atom is 0.129 e. The van der Waals surface area contributed by atoms with Crippen molar-refractivity contribution < 1.29 is 9.50 Å². The van der Waals surface area contributed by atoms with Crippen LogP contribution >= 0.6 is 11.6 Å². The predicted octanol–water partition coefficient (Wildman–Crippen LogP) is 1.93. The van der Waals surface area contributed by atoms with E-state index in [0.717, 1.165) is 38.5 Å². The second-order valence-corrected chi connectivity index (χ2v) is 8.68. The van der Waals surface area contributed by atoms with Crippen molar-refractivity contribution in [2.75, 3.05) is 13.6 Å². The fourth-order valence-electron chi connectivity index (χ4n) is 5.92. The Morgan fingerprint density at radius 3 is 2.87 bits per heavy atom. The Kier molecular flexibility index (Phi) is 3.90. The average molecular weight is 344 g/mol. The number of aliphatic hydroxyl groups is 1. The van der Waals surface area contributed by atoms with E-state index in [9.17, 15) is 9.50 Å². The van der Waals surface area contributed by atoms with Crippen molar-refractivity contribution in [1.29, 1.82) is 0 Å². The molecule has 0 radical (unpaired) electrons. The first-order chi connectivity index (χ1) is 10.9. The number of hydrogen-bond acceptors (Lipinski definition) is 4. The van der Waals surface area contributed by atoms with Crippen LogP contribution in [0, 0.1) is 17.8 Å². The maximum absolute atomic E-state index is 14.8. The van der Waals surface area contributed by atoms with E-state index in [1.165, 1.54) is 0 Å². The summed E-state index contributed by atoms with van der Waals surface area (Å²) in [5.41, 5.74) is 5.06. The van der Waals surface area contributed by atoms with Gasteiger partial charge in [0.05, 0.1) is 6.04 Å². The summed E-state index contributed by atoms with van der Waals surface area (Å²) in [6.45, 7) is 0.463. The molecular formula is C17H27ClFN3O. The highest BCUT2D eigenvalue weighted by Gasteiger charge is 2.61. The summed E-state index contributed by atoms with van der Waals surface area (Å²) in [5, 5.41) is 11.7. The second-order valence-electron chi connectivity index (χ2n) is 8.06. The molecule has 4 rings (SSSR count). The summed E-state index contributed by atoms with van der Waals surface area (Å²) in [7, 11) is 1.99. The first-order valence-electron chi connectivity index (χ1n) is 8.97. The minimum Gasteiger partial charge on any atom is -0.385 e. The SMILES string of the molecule is CN1CC(F)C2C1CCCC2C1(O)C(N)=NC2CCC(Cl)CC21. The van der Waals surface area contributed by atoms with Gasteiger partial charge in [0.2, 0.25) is 0 Å². The molecule has 0 amide bonds. The summed E-state index contributed by atoms with van der Waals surface area (Å²) >= 11 is 6.38. The molecule has 0 spiro atoms. The molecule has 0 aromatic carbocycles. The van der Waals surface area contributed by atoms with Gasteiger partial charge in [-0.2, -0.15) is 0 Å². The molecule has 4 aliphatic rings. The summed E-state index contributed by atoms with van der Waals surface area (Å²) in [4.78, 5) is 6.70. The number of aliphatic imine (C=N–C) groups is 1. The molecular weight excluding hydrogens is 317 g/mol. The van der Waals surface area contributed by atoms with Gasteiger partial charge in [-0.05, 0) is 39.2 Å². The number of nitrogens with two attached hydrogens (primary N) is 1. The Morgan fingerprint density at radius 1 is 1.30 bits per heavy atom. The number of nitrogens with zero attached hydrogens (tertiary/aromatic N) is 2. The van der Waals surface area contributed by atoms with E-state index < -0.39 is 11.8 Å². The Hall–Kier alpha value is -0.390. The highest BCUT2D eigenvalue weighted by atomic mass is 35.5. The van der Waals surface area contributed by atoms with E-state index >= 15 is 0 Å². The van der Waals surface area contributed by atoms with Crippen LogP contribution in [-0.2, 0) is 0 Å². The van der Waals surface area contributed by atoms with Crippen LogP contribution in [0.5, 0.6) is 0 Å². The molecule has 8 atom stereocenters. The van der Waals surface area contributed by atoms with Crippen LogP contribution < -0.4 is 5.73 Å². The van der Waals surface area contributed by atoms with Crippen molar-refractivity contribution in [2.45, 2.75) is 67.8 Å². The van der Waals surface area contributed by atoms with Gasteiger partial charge < -0.3 is 15.7 Å². The number of amidine groups is 1. The minimum absolute atomic E-state index is 0.0411. The van der Waals surface area contributed by atoms with E-state index in [0.29, 0.717) is 12.4 Å². The van der Waals surface area contributed by atoms with Crippen LogP contribution in [0.4, 0.5) is 4.39 Å². The van der Waals surface area contributed by atoms with Gasteiger partial charge in [0.25, 0.3) is 0 Å². The lowest BCUT2D eigenvalue weighted by atomic mass is 9.61. The Morgan fingerprint density at radius 2 is 2.09 bits per heavy atom. The Balaban J connectivity index is 1.68. The van der Waals surface area contributed by atoms with Crippen LogP contribution in [0.2, 0.25) is 0 Å². The van der Waals surface area contributed by atoms with Crippen LogP contribution in [-0.4, -0.2) is 58.7 Å².